The molecule has 0 spiro atoms. The number of rotatable bonds is 9. The van der Waals surface area contributed by atoms with Crippen LogP contribution >= 0.6 is 0 Å². The van der Waals surface area contributed by atoms with Gasteiger partial charge in [0, 0.05) is 22.9 Å². The number of fused-ring (bicyclic) bond motifs is 1. The molecule has 0 amide bonds. The van der Waals surface area contributed by atoms with Gasteiger partial charge in [-0.25, -0.2) is 0 Å². The van der Waals surface area contributed by atoms with Gasteiger partial charge in [-0.05, 0) is 72.3 Å². The number of nitrogen functional groups attached to an aromatic ring is 1. The molecule has 7 aromatic rings. The predicted molar refractivity (Wildman–Crippen MR) is 232 cm³/mol. The Kier molecular flexibility index (Phi) is 13.4. The molecule has 0 radical (unpaired) electrons. The molecule has 0 aliphatic carbocycles. The summed E-state index contributed by atoms with van der Waals surface area (Å²) in [5.74, 6) is 0. The van der Waals surface area contributed by atoms with Crippen molar-refractivity contribution in [1.82, 2.24) is 0 Å². The minimum absolute atomic E-state index is 0.562. The van der Waals surface area contributed by atoms with Crippen molar-refractivity contribution in [3.63, 3.8) is 0 Å². The molecule has 0 saturated heterocycles. The van der Waals surface area contributed by atoms with Crippen molar-refractivity contribution >= 4 is 52.5 Å². The number of hydrogen-bond acceptors (Lipinski definition) is 4. The number of aryl methyl sites for hydroxylation is 2. The second kappa shape index (κ2) is 19.0. The highest BCUT2D eigenvalue weighted by Crippen LogP contribution is 2.38. The molecular weight excluding hydrogens is 645 g/mol. The van der Waals surface area contributed by atoms with E-state index in [1.165, 1.54) is 34.0 Å². The Bertz CT molecular complexity index is 2270. The van der Waals surface area contributed by atoms with Gasteiger partial charge < -0.3 is 16.5 Å². The van der Waals surface area contributed by atoms with Crippen molar-refractivity contribution in [1.29, 1.82) is 5.41 Å². The molecule has 0 unspecified atom stereocenters. The van der Waals surface area contributed by atoms with Gasteiger partial charge >= 0.3 is 0 Å². The van der Waals surface area contributed by atoms with Crippen LogP contribution in [0.5, 0.6) is 0 Å². The fourth-order valence-corrected chi connectivity index (χ4v) is 5.90. The Labute approximate surface area is 314 Å². The quantitative estimate of drug-likeness (QED) is 0.104. The molecule has 4 nitrogen and oxygen atoms in total. The largest absolute Gasteiger partial charge is 0.396 e. The minimum atomic E-state index is 0.562. The lowest BCUT2D eigenvalue weighted by atomic mass is 9.95. The van der Waals surface area contributed by atoms with E-state index in [0.717, 1.165) is 45.4 Å². The van der Waals surface area contributed by atoms with Crippen molar-refractivity contribution in [2.24, 2.45) is 4.99 Å². The number of nitrogens with one attached hydrogen (secondary N) is 2. The molecule has 7 aromatic carbocycles. The van der Waals surface area contributed by atoms with Gasteiger partial charge in [0.1, 0.15) is 0 Å². The predicted octanol–water partition coefficient (Wildman–Crippen LogP) is 12.7. The first-order valence-electron chi connectivity index (χ1n) is 17.6. The molecule has 53 heavy (non-hydrogen) atoms. The van der Waals surface area contributed by atoms with Gasteiger partial charge in [-0.15, -0.1) is 0 Å². The summed E-state index contributed by atoms with van der Waals surface area (Å²) < 4.78 is 0. The second-order valence-electron chi connectivity index (χ2n) is 12.5. The van der Waals surface area contributed by atoms with E-state index in [1.807, 2.05) is 78.9 Å². The second-order valence-corrected chi connectivity index (χ2v) is 12.5. The maximum atomic E-state index is 7.70. The van der Waals surface area contributed by atoms with Crippen LogP contribution in [0.3, 0.4) is 0 Å². The summed E-state index contributed by atoms with van der Waals surface area (Å²) in [6.45, 7) is 11.8. The van der Waals surface area contributed by atoms with Crippen molar-refractivity contribution < 1.29 is 0 Å². The van der Waals surface area contributed by atoms with Crippen LogP contribution in [0.25, 0.3) is 33.7 Å². The molecule has 262 valence electrons. The van der Waals surface area contributed by atoms with E-state index in [9.17, 15) is 0 Å². The molecule has 0 aliphatic heterocycles. The Hall–Kier alpha value is -6.78. The summed E-state index contributed by atoms with van der Waals surface area (Å²) >= 11 is 0. The van der Waals surface area contributed by atoms with E-state index in [4.69, 9.17) is 11.1 Å². The molecule has 0 heterocycles. The van der Waals surface area contributed by atoms with Crippen molar-refractivity contribution in [2.45, 2.75) is 20.3 Å². The van der Waals surface area contributed by atoms with Gasteiger partial charge in [-0.1, -0.05) is 182 Å². The van der Waals surface area contributed by atoms with Crippen LogP contribution in [0.2, 0.25) is 0 Å². The summed E-state index contributed by atoms with van der Waals surface area (Å²) in [4.78, 5) is 4.20. The molecule has 4 heteroatoms. The molecule has 0 atom stereocenters. The minimum Gasteiger partial charge on any atom is -0.396 e. The van der Waals surface area contributed by atoms with E-state index in [1.54, 1.807) is 6.08 Å². The van der Waals surface area contributed by atoms with Gasteiger partial charge in [0.25, 0.3) is 0 Å². The van der Waals surface area contributed by atoms with Gasteiger partial charge in [0.2, 0.25) is 0 Å². The topological polar surface area (TPSA) is 74.3 Å². The van der Waals surface area contributed by atoms with Crippen LogP contribution in [0.1, 0.15) is 33.4 Å². The van der Waals surface area contributed by atoms with E-state index >= 15 is 0 Å². The summed E-state index contributed by atoms with van der Waals surface area (Å²) in [6, 6.07) is 55.6. The first-order valence-corrected chi connectivity index (χ1v) is 17.6. The molecule has 0 fully saturated rings. The monoisotopic (exact) mass is 690 g/mol. The van der Waals surface area contributed by atoms with E-state index in [2.05, 4.69) is 128 Å². The lowest BCUT2D eigenvalue weighted by Crippen LogP contribution is -2.04. The van der Waals surface area contributed by atoms with E-state index in [-0.39, 0.29) is 0 Å². The third-order valence-electron chi connectivity index (χ3n) is 8.78. The number of allylic oxidation sites excluding steroid dienone is 1. The number of anilines is 3. The Morgan fingerprint density at radius 2 is 1.15 bits per heavy atom. The number of benzene rings is 7. The first kappa shape index (κ1) is 37.5. The maximum absolute atomic E-state index is 7.70. The van der Waals surface area contributed by atoms with Crippen molar-refractivity contribution in [3.05, 3.63) is 210 Å². The van der Waals surface area contributed by atoms with Crippen LogP contribution < -0.4 is 11.1 Å². The number of hydrogen-bond donors (Lipinski definition) is 3. The maximum Gasteiger partial charge on any atom is 0.0704 e. The highest BCUT2D eigenvalue weighted by molar-refractivity contribution is 6.12. The fourth-order valence-electron chi connectivity index (χ4n) is 5.90. The van der Waals surface area contributed by atoms with Crippen molar-refractivity contribution in [2.75, 3.05) is 11.1 Å². The van der Waals surface area contributed by atoms with Crippen LogP contribution in [0.15, 0.2) is 181 Å². The first-order chi connectivity index (χ1) is 25.9. The lowest BCUT2D eigenvalue weighted by Gasteiger charge is -2.17. The van der Waals surface area contributed by atoms with Crippen LogP contribution in [-0.2, 0) is 6.42 Å². The number of nitrogens with two attached hydrogens (primary N) is 1. The van der Waals surface area contributed by atoms with Gasteiger partial charge in [-0.2, -0.15) is 0 Å². The zero-order valence-corrected chi connectivity index (χ0v) is 30.5. The Morgan fingerprint density at radius 3 is 1.68 bits per heavy atom. The zero-order chi connectivity index (χ0) is 37.4. The molecule has 7 rings (SSSR count). The normalized spacial score (nSPS) is 10.6. The summed E-state index contributed by atoms with van der Waals surface area (Å²) in [6.07, 6.45) is 6.03. The van der Waals surface area contributed by atoms with Gasteiger partial charge in [0.05, 0.1) is 17.1 Å². The third-order valence-corrected chi connectivity index (χ3v) is 8.78. The molecular formula is C49H46N4. The highest BCUT2D eigenvalue weighted by atomic mass is 14.9. The SMILES string of the molecule is C=Cc1c(C=N)c(N)c(Nc2ccccc2)c2ccccc12.C=N/C(=C\Cc1ccccc1)c1ccc(-c2ccc(C)cc2)cc1.Cc1ccccc1. The Morgan fingerprint density at radius 1 is 0.642 bits per heavy atom. The fraction of sp³-hybridized carbons (Fsp3) is 0.0612. The number of aliphatic imine (C=N–C) groups is 1. The van der Waals surface area contributed by atoms with Gasteiger partial charge in [0.15, 0.2) is 0 Å². The average molecular weight is 691 g/mol. The van der Waals surface area contributed by atoms with E-state index < -0.39 is 0 Å². The Balaban J connectivity index is 0.000000173. The number of nitrogens with zero attached hydrogens (tertiary/aromatic N) is 1. The number of para-hydroxylation sites is 1. The standard InChI is InChI=1S/C23H21N.C19H17N3.C7H8/c1-18-8-11-20(12-9-18)21-13-15-22(16-14-21)23(24-2)17-10-19-6-4-3-5-7-19;1-2-14-15-10-6-7-11-16(15)19(18(21)17(14)12-20)22-13-8-4-3-5-9-13;1-7-5-3-2-4-6-7/h3-9,11-17H,2,10H2,1H3;2-12,20,22H,1,21H2;2-6H,1H3/b23-17-;;. The lowest BCUT2D eigenvalue weighted by molar-refractivity contribution is 1.26. The zero-order valence-electron chi connectivity index (χ0n) is 30.5. The highest BCUT2D eigenvalue weighted by Gasteiger charge is 2.14. The average Bonchev–Trinajstić information content (AvgIpc) is 3.21. The molecule has 0 aliphatic rings. The van der Waals surface area contributed by atoms with Crippen LogP contribution in [0, 0.1) is 19.3 Å². The smallest absolute Gasteiger partial charge is 0.0704 e. The van der Waals surface area contributed by atoms with Crippen LogP contribution in [0.4, 0.5) is 17.1 Å². The molecule has 4 N–H and O–H groups in total. The third kappa shape index (κ3) is 10.2. The summed E-state index contributed by atoms with van der Waals surface area (Å²) in [5.41, 5.74) is 18.6. The van der Waals surface area contributed by atoms with E-state index in [0.29, 0.717) is 11.3 Å². The molecule has 0 aromatic heterocycles. The van der Waals surface area contributed by atoms with Crippen LogP contribution in [-0.4, -0.2) is 12.9 Å². The molecule has 0 saturated carbocycles. The van der Waals surface area contributed by atoms with Crippen molar-refractivity contribution in [3.8, 4) is 11.1 Å². The molecule has 0 bridgehead atoms. The van der Waals surface area contributed by atoms with Gasteiger partial charge in [-0.3, -0.25) is 4.99 Å². The summed E-state index contributed by atoms with van der Waals surface area (Å²) in [7, 11) is 0. The summed E-state index contributed by atoms with van der Waals surface area (Å²) in [5, 5.41) is 13.1.